The summed E-state index contributed by atoms with van der Waals surface area (Å²) in [4.78, 5) is 7.03. The summed E-state index contributed by atoms with van der Waals surface area (Å²) in [6.07, 6.45) is 0. The van der Waals surface area contributed by atoms with Crippen LogP contribution in [0.2, 0.25) is 0 Å². The minimum Gasteiger partial charge on any atom is -0.494 e. The van der Waals surface area contributed by atoms with Crippen molar-refractivity contribution in [2.24, 2.45) is 4.99 Å². The molecule has 29 heavy (non-hydrogen) atoms. The summed E-state index contributed by atoms with van der Waals surface area (Å²) < 4.78 is 29.5. The minimum absolute atomic E-state index is 0.0267. The first-order valence-corrected chi connectivity index (χ1v) is 12.6. The number of rotatable bonds is 5. The van der Waals surface area contributed by atoms with E-state index in [1.807, 2.05) is 31.2 Å². The predicted molar refractivity (Wildman–Crippen MR) is 121 cm³/mol. The summed E-state index contributed by atoms with van der Waals surface area (Å²) >= 11 is 1.60. The lowest BCUT2D eigenvalue weighted by molar-refractivity contribution is 0.340. The van der Waals surface area contributed by atoms with Crippen molar-refractivity contribution in [3.63, 3.8) is 0 Å². The Bertz CT molecular complexity index is 1030. The van der Waals surface area contributed by atoms with Crippen LogP contribution in [0, 0.1) is 13.8 Å². The van der Waals surface area contributed by atoms with Crippen molar-refractivity contribution < 1.29 is 13.2 Å². The Balaban J connectivity index is 1.67. The molecule has 0 aromatic heterocycles. The number of fused-ring (bicyclic) bond motifs is 1. The zero-order chi connectivity index (χ0) is 20.6. The van der Waals surface area contributed by atoms with E-state index in [4.69, 9.17) is 9.73 Å². The maximum absolute atomic E-state index is 12.0. The Kier molecular flexibility index (Phi) is 5.62. The van der Waals surface area contributed by atoms with Crippen LogP contribution in [0.1, 0.15) is 23.6 Å². The lowest BCUT2D eigenvalue weighted by Gasteiger charge is -2.26. The molecule has 2 aliphatic rings. The van der Waals surface area contributed by atoms with Gasteiger partial charge in [-0.25, -0.2) is 8.42 Å². The molecule has 4 rings (SSSR count). The average Bonchev–Trinajstić information content (AvgIpc) is 3.17. The van der Waals surface area contributed by atoms with Crippen LogP contribution >= 0.6 is 11.8 Å². The Morgan fingerprint density at radius 2 is 1.90 bits per heavy atom. The highest BCUT2D eigenvalue weighted by Gasteiger charge is 2.44. The van der Waals surface area contributed by atoms with Crippen LogP contribution in [0.15, 0.2) is 47.5 Å². The zero-order valence-corrected chi connectivity index (χ0v) is 18.6. The van der Waals surface area contributed by atoms with Crippen LogP contribution in [-0.4, -0.2) is 43.0 Å². The molecule has 0 unspecified atom stereocenters. The van der Waals surface area contributed by atoms with Crippen LogP contribution in [-0.2, 0) is 16.4 Å². The molecule has 5 nitrogen and oxygen atoms in total. The van der Waals surface area contributed by atoms with Gasteiger partial charge in [-0.05, 0) is 56.2 Å². The van der Waals surface area contributed by atoms with Crippen molar-refractivity contribution in [2.45, 2.75) is 38.6 Å². The molecule has 7 heteroatoms. The molecular formula is C22H26N2O3S2. The molecule has 0 amide bonds. The number of benzene rings is 2. The molecule has 1 fully saturated rings. The van der Waals surface area contributed by atoms with Crippen LogP contribution < -0.4 is 9.64 Å². The summed E-state index contributed by atoms with van der Waals surface area (Å²) in [7, 11) is -2.97. The fraction of sp³-hybridized carbons (Fsp3) is 0.409. The highest BCUT2D eigenvalue weighted by molar-refractivity contribution is 8.15. The summed E-state index contributed by atoms with van der Waals surface area (Å²) in [5, 5.41) is 0.929. The molecule has 0 aliphatic carbocycles. The molecule has 2 heterocycles. The number of nitrogens with zero attached hydrogens (tertiary/aromatic N) is 2. The molecule has 0 spiro atoms. The maximum Gasteiger partial charge on any atom is 0.164 e. The fourth-order valence-electron chi connectivity index (χ4n) is 3.77. The van der Waals surface area contributed by atoms with Crippen molar-refractivity contribution in [1.29, 1.82) is 0 Å². The zero-order valence-electron chi connectivity index (χ0n) is 17.0. The summed E-state index contributed by atoms with van der Waals surface area (Å²) in [5.41, 5.74) is 4.73. The Labute approximate surface area is 177 Å². The van der Waals surface area contributed by atoms with Crippen LogP contribution in [0.5, 0.6) is 5.75 Å². The van der Waals surface area contributed by atoms with E-state index in [0.29, 0.717) is 13.2 Å². The smallest absolute Gasteiger partial charge is 0.164 e. The van der Waals surface area contributed by atoms with E-state index < -0.39 is 9.84 Å². The van der Waals surface area contributed by atoms with E-state index in [9.17, 15) is 8.42 Å². The van der Waals surface area contributed by atoms with Gasteiger partial charge in [0.2, 0.25) is 0 Å². The van der Waals surface area contributed by atoms with E-state index >= 15 is 0 Å². The van der Waals surface area contributed by atoms with Gasteiger partial charge in [-0.1, -0.05) is 35.5 Å². The normalized spacial score (nSPS) is 22.2. The number of aryl methyl sites for hydroxylation is 2. The van der Waals surface area contributed by atoms with Crippen molar-refractivity contribution in [2.75, 3.05) is 23.0 Å². The topological polar surface area (TPSA) is 59.0 Å². The third-order valence-corrected chi connectivity index (χ3v) is 8.58. The number of amidine groups is 1. The van der Waals surface area contributed by atoms with E-state index in [2.05, 4.69) is 36.9 Å². The second-order valence-electron chi connectivity index (χ2n) is 7.66. The first kappa shape index (κ1) is 20.3. The van der Waals surface area contributed by atoms with Gasteiger partial charge in [0, 0.05) is 10.9 Å². The Morgan fingerprint density at radius 1 is 1.14 bits per heavy atom. The van der Waals surface area contributed by atoms with E-state index in [-0.39, 0.29) is 22.8 Å². The molecule has 1 saturated heterocycles. The molecule has 0 N–H and O–H groups in total. The highest BCUT2D eigenvalue weighted by Crippen LogP contribution is 2.37. The predicted octanol–water partition coefficient (Wildman–Crippen LogP) is 3.98. The maximum atomic E-state index is 12.0. The number of ether oxygens (including phenoxy) is 1. The Morgan fingerprint density at radius 3 is 2.59 bits per heavy atom. The number of thioether (sulfide) groups is 1. The molecule has 2 aromatic rings. The standard InChI is InChI=1S/C22H26N2O3S2/c1-4-27-19-9-7-18(8-10-19)24(12-17-11-15(2)5-6-16(17)3)22-23-20-13-29(25,26)14-21(20)28-22/h5-11,20-21H,4,12-14H2,1-3H3/t20-,21+/m1/s1. The quantitative estimate of drug-likeness (QED) is 0.718. The molecule has 0 saturated carbocycles. The second-order valence-corrected chi connectivity index (χ2v) is 11.0. The molecule has 2 atom stereocenters. The van der Waals surface area contributed by atoms with Gasteiger partial charge < -0.3 is 9.64 Å². The summed E-state index contributed by atoms with van der Waals surface area (Å²) in [6.45, 7) is 7.51. The van der Waals surface area contributed by atoms with Crippen molar-refractivity contribution >= 4 is 32.5 Å². The van der Waals surface area contributed by atoms with Crippen molar-refractivity contribution in [3.05, 3.63) is 59.2 Å². The summed E-state index contributed by atoms with van der Waals surface area (Å²) in [6, 6.07) is 14.4. The number of hydrogen-bond acceptors (Lipinski definition) is 6. The SMILES string of the molecule is CCOc1ccc(N(Cc2cc(C)ccc2C)C2=N[C@@H]3CS(=O)(=O)C[C@@H]3S2)cc1. The molecule has 2 aliphatic heterocycles. The number of sulfone groups is 1. The van der Waals surface area contributed by atoms with Gasteiger partial charge in [0.25, 0.3) is 0 Å². The third kappa shape index (κ3) is 4.46. The van der Waals surface area contributed by atoms with Crippen LogP contribution in [0.3, 0.4) is 0 Å². The van der Waals surface area contributed by atoms with Gasteiger partial charge in [-0.15, -0.1) is 0 Å². The van der Waals surface area contributed by atoms with Gasteiger partial charge in [0.15, 0.2) is 15.0 Å². The van der Waals surface area contributed by atoms with Gasteiger partial charge >= 0.3 is 0 Å². The average molecular weight is 431 g/mol. The third-order valence-electron chi connectivity index (χ3n) is 5.33. The van der Waals surface area contributed by atoms with Gasteiger partial charge in [-0.2, -0.15) is 0 Å². The minimum atomic E-state index is -2.97. The molecule has 154 valence electrons. The number of hydrogen-bond donors (Lipinski definition) is 0. The highest BCUT2D eigenvalue weighted by atomic mass is 32.2. The van der Waals surface area contributed by atoms with E-state index in [1.54, 1.807) is 11.8 Å². The van der Waals surface area contributed by atoms with Crippen LogP contribution in [0.4, 0.5) is 5.69 Å². The van der Waals surface area contributed by atoms with Gasteiger partial charge in [0.1, 0.15) is 5.75 Å². The fourth-order valence-corrected chi connectivity index (χ4v) is 7.55. The lowest BCUT2D eigenvalue weighted by Crippen LogP contribution is -2.28. The van der Waals surface area contributed by atoms with Crippen LogP contribution in [0.25, 0.3) is 0 Å². The van der Waals surface area contributed by atoms with Gasteiger partial charge in [0.05, 0.1) is 30.7 Å². The van der Waals surface area contributed by atoms with Gasteiger partial charge in [-0.3, -0.25) is 4.99 Å². The largest absolute Gasteiger partial charge is 0.494 e. The number of anilines is 1. The number of aliphatic imine (C=N–C) groups is 1. The molecule has 2 aromatic carbocycles. The Hall–Kier alpha value is -1.99. The molecule has 0 bridgehead atoms. The lowest BCUT2D eigenvalue weighted by atomic mass is 10.1. The monoisotopic (exact) mass is 430 g/mol. The van der Waals surface area contributed by atoms with Crippen molar-refractivity contribution in [1.82, 2.24) is 0 Å². The first-order chi connectivity index (χ1) is 13.8. The molecule has 0 radical (unpaired) electrons. The second kappa shape index (κ2) is 8.03. The summed E-state index contributed by atoms with van der Waals surface area (Å²) in [5.74, 6) is 1.22. The van der Waals surface area contributed by atoms with E-state index in [1.165, 1.54) is 16.7 Å². The van der Waals surface area contributed by atoms with E-state index in [0.717, 1.165) is 16.6 Å². The molecular weight excluding hydrogens is 404 g/mol. The first-order valence-electron chi connectivity index (χ1n) is 9.86. The van der Waals surface area contributed by atoms with Crippen molar-refractivity contribution in [3.8, 4) is 5.75 Å².